The first-order chi connectivity index (χ1) is 12.0. The number of aliphatic hydroxyl groups excluding tert-OH is 1. The molecule has 1 unspecified atom stereocenters. The fraction of sp³-hybridized carbons (Fsp3) is 0.400. The van der Waals surface area contributed by atoms with E-state index in [0.717, 1.165) is 17.9 Å². The van der Waals surface area contributed by atoms with Gasteiger partial charge >= 0.3 is 0 Å². The molecule has 0 radical (unpaired) electrons. The van der Waals surface area contributed by atoms with Gasteiger partial charge in [-0.3, -0.25) is 0 Å². The van der Waals surface area contributed by atoms with E-state index in [1.54, 1.807) is 0 Å². The molecule has 0 aliphatic rings. The molecule has 136 valence electrons. The molecule has 0 saturated carbocycles. The number of halogens is 1. The molecule has 0 aliphatic carbocycles. The van der Waals surface area contributed by atoms with Crippen LogP contribution in [0.5, 0.6) is 5.75 Å². The van der Waals surface area contributed by atoms with Gasteiger partial charge in [0.1, 0.15) is 31.5 Å². The molecular weight excluding hydrogens is 338 g/mol. The summed E-state index contributed by atoms with van der Waals surface area (Å²) in [6.07, 6.45) is -0.583. The van der Waals surface area contributed by atoms with Crippen LogP contribution in [0.1, 0.15) is 18.6 Å². The van der Waals surface area contributed by atoms with Crippen molar-refractivity contribution in [1.82, 2.24) is 0 Å². The molecule has 0 aliphatic heterocycles. The number of nitrogens with one attached hydrogen (secondary N) is 1. The molecule has 2 rings (SSSR count). The Morgan fingerprint density at radius 3 is 2.44 bits per heavy atom. The minimum Gasteiger partial charge on any atom is -0.488 e. The predicted molar refractivity (Wildman–Crippen MR) is 100 cm³/mol. The summed E-state index contributed by atoms with van der Waals surface area (Å²) in [4.78, 5) is 1.20. The molecule has 25 heavy (non-hydrogen) atoms. The third kappa shape index (κ3) is 7.45. The number of para-hydroxylation sites is 1. The summed E-state index contributed by atoms with van der Waals surface area (Å²) in [6.45, 7) is 4.33. The van der Waals surface area contributed by atoms with Crippen molar-refractivity contribution in [2.24, 2.45) is 0 Å². The fourth-order valence-electron chi connectivity index (χ4n) is 2.51. The van der Waals surface area contributed by atoms with Gasteiger partial charge in [-0.25, -0.2) is 0 Å². The first kappa shape index (κ1) is 19.7. The monoisotopic (exact) mass is 364 g/mol. The van der Waals surface area contributed by atoms with Crippen molar-refractivity contribution in [1.29, 1.82) is 0 Å². The molecule has 0 spiro atoms. The lowest BCUT2D eigenvalue weighted by atomic mass is 10.1. The summed E-state index contributed by atoms with van der Waals surface area (Å²) < 4.78 is 11.4. The van der Waals surface area contributed by atoms with Gasteiger partial charge in [-0.05, 0) is 36.8 Å². The van der Waals surface area contributed by atoms with Crippen LogP contribution in [-0.2, 0) is 4.74 Å². The van der Waals surface area contributed by atoms with E-state index in [9.17, 15) is 5.11 Å². The van der Waals surface area contributed by atoms with E-state index >= 15 is 0 Å². The summed E-state index contributed by atoms with van der Waals surface area (Å²) >= 11 is 5.89. The largest absolute Gasteiger partial charge is 0.488 e. The van der Waals surface area contributed by atoms with E-state index in [1.807, 2.05) is 68.6 Å². The van der Waals surface area contributed by atoms with Crippen molar-refractivity contribution in [3.8, 4) is 5.75 Å². The fourth-order valence-corrected chi connectivity index (χ4v) is 2.63. The molecule has 0 fully saturated rings. The van der Waals surface area contributed by atoms with E-state index in [4.69, 9.17) is 21.1 Å². The zero-order valence-electron chi connectivity index (χ0n) is 14.8. The second-order valence-electron chi connectivity index (χ2n) is 6.25. The van der Waals surface area contributed by atoms with E-state index in [0.29, 0.717) is 24.8 Å². The number of benzene rings is 2. The summed E-state index contributed by atoms with van der Waals surface area (Å²) in [5, 5.41) is 10.9. The first-order valence-corrected chi connectivity index (χ1v) is 8.96. The van der Waals surface area contributed by atoms with Crippen molar-refractivity contribution in [2.75, 3.05) is 33.4 Å². The highest BCUT2D eigenvalue weighted by Crippen LogP contribution is 2.19. The first-order valence-electron chi connectivity index (χ1n) is 8.59. The lowest BCUT2D eigenvalue weighted by molar-refractivity contribution is -0.883. The van der Waals surface area contributed by atoms with Crippen molar-refractivity contribution in [3.63, 3.8) is 0 Å². The Morgan fingerprint density at radius 1 is 1.08 bits per heavy atom. The van der Waals surface area contributed by atoms with Crippen LogP contribution in [0.25, 0.3) is 0 Å². The molecule has 0 heterocycles. The molecule has 2 aromatic rings. The number of hydrogen-bond donors (Lipinski definition) is 2. The quantitative estimate of drug-likeness (QED) is 0.680. The minimum absolute atomic E-state index is 0.0753. The van der Waals surface area contributed by atoms with Gasteiger partial charge in [-0.2, -0.15) is 0 Å². The summed E-state index contributed by atoms with van der Waals surface area (Å²) in [7, 11) is 2.04. The third-order valence-electron chi connectivity index (χ3n) is 4.00. The van der Waals surface area contributed by atoms with Gasteiger partial charge in [-0.15, -0.1) is 0 Å². The molecular formula is C20H27ClNO3+. The van der Waals surface area contributed by atoms with Crippen molar-refractivity contribution in [3.05, 3.63) is 65.2 Å². The van der Waals surface area contributed by atoms with Crippen LogP contribution < -0.4 is 9.64 Å². The van der Waals surface area contributed by atoms with Crippen LogP contribution in [0.4, 0.5) is 0 Å². The number of ether oxygens (including phenoxy) is 2. The van der Waals surface area contributed by atoms with Crippen LogP contribution in [0.15, 0.2) is 54.6 Å². The maximum Gasteiger partial charge on any atom is 0.137 e. The van der Waals surface area contributed by atoms with Gasteiger partial charge < -0.3 is 19.5 Å². The maximum absolute atomic E-state index is 10.2. The lowest BCUT2D eigenvalue weighted by Crippen LogP contribution is -3.10. The highest BCUT2D eigenvalue weighted by molar-refractivity contribution is 6.30. The Morgan fingerprint density at radius 2 is 1.76 bits per heavy atom. The Kier molecular flexibility index (Phi) is 8.22. The van der Waals surface area contributed by atoms with Crippen LogP contribution in [0.3, 0.4) is 0 Å². The Labute approximate surface area is 154 Å². The molecule has 0 amide bonds. The predicted octanol–water partition coefficient (Wildman–Crippen LogP) is 2.37. The van der Waals surface area contributed by atoms with E-state index in [2.05, 4.69) is 0 Å². The average Bonchev–Trinajstić information content (AvgIpc) is 2.61. The third-order valence-corrected chi connectivity index (χ3v) is 4.25. The minimum atomic E-state index is -0.508. The van der Waals surface area contributed by atoms with Crippen LogP contribution in [-0.4, -0.2) is 44.6 Å². The highest BCUT2D eigenvalue weighted by atomic mass is 35.5. The number of likely N-dealkylation sites (N-methyl/N-ethyl adjacent to an activating group) is 1. The van der Waals surface area contributed by atoms with Gasteiger partial charge in [0.25, 0.3) is 0 Å². The zero-order chi connectivity index (χ0) is 18.1. The molecule has 4 nitrogen and oxygen atoms in total. The van der Waals surface area contributed by atoms with Crippen molar-refractivity contribution in [2.45, 2.75) is 19.1 Å². The normalized spacial score (nSPS) is 14.7. The maximum atomic E-state index is 10.2. The van der Waals surface area contributed by atoms with E-state index in [1.165, 1.54) is 4.90 Å². The van der Waals surface area contributed by atoms with E-state index < -0.39 is 6.10 Å². The average molecular weight is 365 g/mol. The Bertz CT molecular complexity index is 606. The van der Waals surface area contributed by atoms with Crippen LogP contribution >= 0.6 is 11.6 Å². The van der Waals surface area contributed by atoms with Gasteiger partial charge in [0, 0.05) is 5.02 Å². The number of aliphatic hydroxyl groups is 1. The smallest absolute Gasteiger partial charge is 0.137 e. The summed E-state index contributed by atoms with van der Waals surface area (Å²) in [6, 6.07) is 17.3. The molecule has 3 atom stereocenters. The number of rotatable bonds is 10. The van der Waals surface area contributed by atoms with Crippen molar-refractivity contribution < 1.29 is 19.5 Å². The lowest BCUT2D eigenvalue weighted by Gasteiger charge is -2.20. The molecule has 0 aromatic heterocycles. The molecule has 2 aromatic carbocycles. The van der Waals surface area contributed by atoms with Crippen LogP contribution in [0.2, 0.25) is 5.02 Å². The van der Waals surface area contributed by atoms with Gasteiger partial charge in [0.05, 0.1) is 19.8 Å². The van der Waals surface area contributed by atoms with Gasteiger partial charge in [0.15, 0.2) is 0 Å². The topological polar surface area (TPSA) is 43.1 Å². The van der Waals surface area contributed by atoms with Crippen molar-refractivity contribution >= 4 is 11.6 Å². The number of hydrogen-bond acceptors (Lipinski definition) is 3. The standard InChI is InChI=1S/C20H26ClNO3/c1-16(17-8-10-18(21)11-9-17)25-15-19(23)14-22(2)12-13-24-20-6-4-3-5-7-20/h3-11,16,19,23H,12-15H2,1-2H3/p+1/t16-,19+/m0/s1. The molecule has 0 bridgehead atoms. The zero-order valence-corrected chi connectivity index (χ0v) is 15.6. The second-order valence-corrected chi connectivity index (χ2v) is 6.69. The summed E-state index contributed by atoms with van der Waals surface area (Å²) in [5.41, 5.74) is 1.05. The summed E-state index contributed by atoms with van der Waals surface area (Å²) in [5.74, 6) is 0.871. The van der Waals surface area contributed by atoms with Crippen LogP contribution in [0, 0.1) is 0 Å². The molecule has 5 heteroatoms. The van der Waals surface area contributed by atoms with Gasteiger partial charge in [0.2, 0.25) is 0 Å². The Hall–Kier alpha value is -1.59. The van der Waals surface area contributed by atoms with E-state index in [-0.39, 0.29) is 6.10 Å². The molecule has 2 N–H and O–H groups in total. The number of quaternary nitrogens is 1. The Balaban J connectivity index is 1.63. The van der Waals surface area contributed by atoms with Gasteiger partial charge in [-0.1, -0.05) is 41.9 Å². The second kappa shape index (κ2) is 10.4. The molecule has 0 saturated heterocycles. The SMILES string of the molecule is C[C@H](OC[C@H](O)C[NH+](C)CCOc1ccccc1)c1ccc(Cl)cc1. The highest BCUT2D eigenvalue weighted by Gasteiger charge is 2.14.